The van der Waals surface area contributed by atoms with Gasteiger partial charge in [0.1, 0.15) is 0 Å². The van der Waals surface area contributed by atoms with Crippen molar-refractivity contribution in [2.45, 2.75) is 18.9 Å². The summed E-state index contributed by atoms with van der Waals surface area (Å²) in [5.41, 5.74) is 0. The molecule has 1 saturated carbocycles. The molecule has 1 aliphatic heterocycles. The molecule has 1 aliphatic carbocycles. The second-order valence-electron chi connectivity index (χ2n) is 3.01. The highest BCUT2D eigenvalue weighted by Crippen LogP contribution is 2.47. The second kappa shape index (κ2) is 1.95. The van der Waals surface area contributed by atoms with Gasteiger partial charge in [0, 0.05) is 12.5 Å². The average molecular weight is 142 g/mol. The normalized spacial score (nSPS) is 44.2. The van der Waals surface area contributed by atoms with Gasteiger partial charge >= 0.3 is 5.97 Å². The maximum absolute atomic E-state index is 10.4. The van der Waals surface area contributed by atoms with Crippen molar-refractivity contribution in [1.82, 2.24) is 0 Å². The first-order valence-corrected chi connectivity index (χ1v) is 3.65. The van der Waals surface area contributed by atoms with Gasteiger partial charge in [0.2, 0.25) is 0 Å². The van der Waals surface area contributed by atoms with Crippen molar-refractivity contribution >= 4 is 5.97 Å². The van der Waals surface area contributed by atoms with Crippen molar-refractivity contribution in [3.63, 3.8) is 0 Å². The van der Waals surface area contributed by atoms with Gasteiger partial charge < -0.3 is 9.84 Å². The van der Waals surface area contributed by atoms with Crippen LogP contribution in [-0.4, -0.2) is 23.8 Å². The van der Waals surface area contributed by atoms with Crippen molar-refractivity contribution in [2.75, 3.05) is 6.61 Å². The lowest BCUT2D eigenvalue weighted by Gasteiger charge is -2.07. The summed E-state index contributed by atoms with van der Waals surface area (Å²) in [7, 11) is 0. The predicted octanol–water partition coefficient (Wildman–Crippen LogP) is 0.496. The van der Waals surface area contributed by atoms with Gasteiger partial charge in [0.25, 0.3) is 0 Å². The SMILES string of the molecule is O=C(O)C1C2CCCOC21. The molecule has 0 aromatic rings. The first-order chi connectivity index (χ1) is 4.80. The fraction of sp³-hybridized carbons (Fsp3) is 0.857. The van der Waals surface area contributed by atoms with Crippen molar-refractivity contribution in [3.05, 3.63) is 0 Å². The Morgan fingerprint density at radius 1 is 1.60 bits per heavy atom. The minimum atomic E-state index is -0.683. The molecule has 3 atom stereocenters. The third-order valence-electron chi connectivity index (χ3n) is 2.37. The number of carbonyl (C=O) groups is 1. The quantitative estimate of drug-likeness (QED) is 0.579. The van der Waals surface area contributed by atoms with Gasteiger partial charge in [-0.05, 0) is 12.8 Å². The lowest BCUT2D eigenvalue weighted by Crippen LogP contribution is -2.07. The summed E-state index contributed by atoms with van der Waals surface area (Å²) in [6.07, 6.45) is 2.14. The van der Waals surface area contributed by atoms with Crippen LogP contribution in [0.15, 0.2) is 0 Å². The Labute approximate surface area is 59.0 Å². The first-order valence-electron chi connectivity index (χ1n) is 3.65. The van der Waals surface area contributed by atoms with Gasteiger partial charge in [0.05, 0.1) is 12.0 Å². The summed E-state index contributed by atoms with van der Waals surface area (Å²) in [5.74, 6) is -0.523. The molecule has 0 aromatic heterocycles. The highest BCUT2D eigenvalue weighted by atomic mass is 16.5. The van der Waals surface area contributed by atoms with Crippen molar-refractivity contribution < 1.29 is 14.6 Å². The van der Waals surface area contributed by atoms with Crippen molar-refractivity contribution in [1.29, 1.82) is 0 Å². The minimum absolute atomic E-state index is 0.0613. The van der Waals surface area contributed by atoms with E-state index in [9.17, 15) is 4.79 Å². The van der Waals surface area contributed by atoms with E-state index in [1.807, 2.05) is 0 Å². The summed E-state index contributed by atoms with van der Waals surface area (Å²) in [4.78, 5) is 10.4. The highest BCUT2D eigenvalue weighted by molar-refractivity contribution is 5.75. The summed E-state index contributed by atoms with van der Waals surface area (Å²) >= 11 is 0. The molecule has 3 nitrogen and oxygen atoms in total. The van der Waals surface area contributed by atoms with Crippen LogP contribution in [0.25, 0.3) is 0 Å². The molecule has 2 fully saturated rings. The van der Waals surface area contributed by atoms with E-state index >= 15 is 0 Å². The number of aliphatic carboxylic acids is 1. The van der Waals surface area contributed by atoms with E-state index in [0.717, 1.165) is 19.4 Å². The van der Waals surface area contributed by atoms with E-state index in [1.165, 1.54) is 0 Å². The monoisotopic (exact) mass is 142 g/mol. The lowest BCUT2D eigenvalue weighted by molar-refractivity contribution is -0.139. The van der Waals surface area contributed by atoms with E-state index < -0.39 is 5.97 Å². The molecule has 56 valence electrons. The zero-order valence-electron chi connectivity index (χ0n) is 5.62. The fourth-order valence-electron chi connectivity index (χ4n) is 1.78. The molecular weight excluding hydrogens is 132 g/mol. The zero-order chi connectivity index (χ0) is 7.14. The van der Waals surface area contributed by atoms with E-state index in [2.05, 4.69) is 0 Å². The Kier molecular flexibility index (Phi) is 1.20. The van der Waals surface area contributed by atoms with Crippen LogP contribution in [-0.2, 0) is 9.53 Å². The molecule has 3 heteroatoms. The molecule has 1 N–H and O–H groups in total. The molecule has 0 amide bonds. The molecule has 3 unspecified atom stereocenters. The largest absolute Gasteiger partial charge is 0.481 e. The van der Waals surface area contributed by atoms with E-state index in [0.29, 0.717) is 5.92 Å². The zero-order valence-corrected chi connectivity index (χ0v) is 5.62. The summed E-state index contributed by atoms with van der Waals surface area (Å²) < 4.78 is 5.24. The average Bonchev–Trinajstić information content (AvgIpc) is 2.60. The second-order valence-corrected chi connectivity index (χ2v) is 3.01. The van der Waals surface area contributed by atoms with Crippen LogP contribution in [0.4, 0.5) is 0 Å². The molecule has 0 aromatic carbocycles. The van der Waals surface area contributed by atoms with Crippen LogP contribution in [0.3, 0.4) is 0 Å². The van der Waals surface area contributed by atoms with Gasteiger partial charge in [-0.2, -0.15) is 0 Å². The molecule has 0 spiro atoms. The number of hydrogen-bond acceptors (Lipinski definition) is 2. The Bertz CT molecular complexity index is 154. The Morgan fingerprint density at radius 2 is 2.40 bits per heavy atom. The molecule has 2 aliphatic rings. The summed E-state index contributed by atoms with van der Waals surface area (Å²) in [6, 6.07) is 0. The number of hydrogen-bond donors (Lipinski definition) is 1. The lowest BCUT2D eigenvalue weighted by atomic mass is 10.2. The molecule has 1 heterocycles. The third kappa shape index (κ3) is 0.736. The maximum atomic E-state index is 10.4. The van der Waals surface area contributed by atoms with Gasteiger partial charge in [-0.3, -0.25) is 4.79 Å². The Balaban J connectivity index is 1.99. The predicted molar refractivity (Wildman–Crippen MR) is 33.6 cm³/mol. The number of carboxylic acids is 1. The molecule has 2 rings (SSSR count). The third-order valence-corrected chi connectivity index (χ3v) is 2.37. The van der Waals surface area contributed by atoms with Crippen molar-refractivity contribution in [3.8, 4) is 0 Å². The van der Waals surface area contributed by atoms with Crippen LogP contribution in [0, 0.1) is 11.8 Å². The van der Waals surface area contributed by atoms with Crippen LogP contribution in [0.5, 0.6) is 0 Å². The smallest absolute Gasteiger partial charge is 0.309 e. The van der Waals surface area contributed by atoms with Crippen LogP contribution >= 0.6 is 0 Å². The standard InChI is InChI=1S/C7H10O3/c8-7(9)5-4-2-1-3-10-6(4)5/h4-6H,1-3H2,(H,8,9). The van der Waals surface area contributed by atoms with E-state index in [4.69, 9.17) is 9.84 Å². The van der Waals surface area contributed by atoms with Crippen LogP contribution in [0.2, 0.25) is 0 Å². The summed E-state index contributed by atoms with van der Waals surface area (Å²) in [5, 5.41) is 8.60. The van der Waals surface area contributed by atoms with E-state index in [1.54, 1.807) is 0 Å². The van der Waals surface area contributed by atoms with Gasteiger partial charge in [-0.1, -0.05) is 0 Å². The van der Waals surface area contributed by atoms with Gasteiger partial charge in [-0.15, -0.1) is 0 Å². The Morgan fingerprint density at radius 3 is 2.90 bits per heavy atom. The van der Waals surface area contributed by atoms with Crippen molar-refractivity contribution in [2.24, 2.45) is 11.8 Å². The Hall–Kier alpha value is -0.570. The molecular formula is C7H10O3. The first kappa shape index (κ1) is 6.16. The number of fused-ring (bicyclic) bond motifs is 1. The molecule has 0 radical (unpaired) electrons. The van der Waals surface area contributed by atoms with Crippen LogP contribution in [0.1, 0.15) is 12.8 Å². The number of carboxylic acid groups (broad SMARTS) is 1. The maximum Gasteiger partial charge on any atom is 0.309 e. The highest BCUT2D eigenvalue weighted by Gasteiger charge is 2.57. The molecule has 1 saturated heterocycles. The van der Waals surface area contributed by atoms with E-state index in [-0.39, 0.29) is 12.0 Å². The number of rotatable bonds is 1. The van der Waals surface area contributed by atoms with Crippen LogP contribution < -0.4 is 0 Å². The fourth-order valence-corrected chi connectivity index (χ4v) is 1.78. The number of ether oxygens (including phenoxy) is 1. The summed E-state index contributed by atoms with van der Waals surface area (Å²) in [6.45, 7) is 0.755. The van der Waals surface area contributed by atoms with Gasteiger partial charge in [0.15, 0.2) is 0 Å². The minimum Gasteiger partial charge on any atom is -0.481 e. The molecule has 0 bridgehead atoms. The topological polar surface area (TPSA) is 46.5 Å². The van der Waals surface area contributed by atoms with Gasteiger partial charge in [-0.25, -0.2) is 0 Å². The molecule has 10 heavy (non-hydrogen) atoms.